The van der Waals surface area contributed by atoms with E-state index in [1.807, 2.05) is 6.92 Å². The van der Waals surface area contributed by atoms with Crippen molar-refractivity contribution in [1.29, 1.82) is 0 Å². The molecule has 3 aromatic rings. The lowest BCUT2D eigenvalue weighted by atomic mass is 9.95. The molecule has 1 N–H and O–H groups in total. The second-order valence-corrected chi connectivity index (χ2v) is 7.94. The summed E-state index contributed by atoms with van der Waals surface area (Å²) in [5.74, 6) is 0.362. The molecule has 0 saturated carbocycles. The fourth-order valence-electron chi connectivity index (χ4n) is 4.29. The van der Waals surface area contributed by atoms with Crippen molar-refractivity contribution in [2.75, 3.05) is 25.4 Å². The van der Waals surface area contributed by atoms with Crippen LogP contribution in [-0.2, 0) is 9.59 Å². The van der Waals surface area contributed by atoms with Crippen LogP contribution in [-0.4, -0.2) is 37.3 Å². The largest absolute Gasteiger partial charge is 0.507 e. The number of aliphatic hydroxyl groups excluding tert-OH is 1. The molecule has 0 aromatic heterocycles. The van der Waals surface area contributed by atoms with Gasteiger partial charge in [-0.1, -0.05) is 24.3 Å². The maximum absolute atomic E-state index is 13.3. The zero-order valence-electron chi connectivity index (χ0n) is 19.2. The highest BCUT2D eigenvalue weighted by Gasteiger charge is 2.47. The molecule has 5 rings (SSSR count). The third-order valence-corrected chi connectivity index (χ3v) is 5.93. The number of rotatable bonds is 6. The molecule has 8 nitrogen and oxygen atoms in total. The van der Waals surface area contributed by atoms with Gasteiger partial charge in [0.25, 0.3) is 11.7 Å². The number of hydrogen-bond donors (Lipinski definition) is 1. The van der Waals surface area contributed by atoms with Crippen molar-refractivity contribution in [2.24, 2.45) is 0 Å². The Bertz CT molecular complexity index is 1330. The zero-order chi connectivity index (χ0) is 24.5. The Labute approximate surface area is 201 Å². The van der Waals surface area contributed by atoms with Gasteiger partial charge in [0, 0.05) is 17.3 Å². The van der Waals surface area contributed by atoms with E-state index in [1.54, 1.807) is 66.7 Å². The minimum Gasteiger partial charge on any atom is -0.507 e. The number of anilines is 1. The van der Waals surface area contributed by atoms with E-state index in [9.17, 15) is 14.7 Å². The van der Waals surface area contributed by atoms with Crippen molar-refractivity contribution in [3.63, 3.8) is 0 Å². The quantitative estimate of drug-likeness (QED) is 0.321. The Morgan fingerprint density at radius 1 is 1.00 bits per heavy atom. The summed E-state index contributed by atoms with van der Waals surface area (Å²) in [5, 5.41) is 11.3. The van der Waals surface area contributed by atoms with E-state index in [2.05, 4.69) is 0 Å². The number of benzene rings is 3. The van der Waals surface area contributed by atoms with E-state index in [0.29, 0.717) is 46.4 Å². The molecule has 0 spiro atoms. The van der Waals surface area contributed by atoms with Gasteiger partial charge >= 0.3 is 0 Å². The van der Waals surface area contributed by atoms with Gasteiger partial charge in [0.2, 0.25) is 6.79 Å². The first-order valence-electron chi connectivity index (χ1n) is 11.1. The fraction of sp³-hybridized carbons (Fsp3) is 0.185. The first-order valence-corrected chi connectivity index (χ1v) is 11.1. The van der Waals surface area contributed by atoms with Crippen LogP contribution in [0.4, 0.5) is 5.69 Å². The summed E-state index contributed by atoms with van der Waals surface area (Å²) in [6.45, 7) is 2.47. The van der Waals surface area contributed by atoms with E-state index < -0.39 is 17.7 Å². The number of ether oxygens (including phenoxy) is 4. The summed E-state index contributed by atoms with van der Waals surface area (Å²) in [5.41, 5.74) is 1.42. The molecule has 0 bridgehead atoms. The molecule has 3 aromatic carbocycles. The van der Waals surface area contributed by atoms with Crippen LogP contribution in [0.25, 0.3) is 5.76 Å². The molecular formula is C27H23NO7. The minimum atomic E-state index is -0.878. The molecular weight excluding hydrogens is 450 g/mol. The number of carbonyl (C=O) groups excluding carboxylic acids is 2. The summed E-state index contributed by atoms with van der Waals surface area (Å²) in [6, 6.07) is 17.9. The number of methoxy groups -OCH3 is 1. The highest BCUT2D eigenvalue weighted by Crippen LogP contribution is 2.45. The van der Waals surface area contributed by atoms with Gasteiger partial charge in [0.15, 0.2) is 11.5 Å². The summed E-state index contributed by atoms with van der Waals surface area (Å²) < 4.78 is 21.7. The van der Waals surface area contributed by atoms with Crippen LogP contribution in [0.5, 0.6) is 23.0 Å². The highest BCUT2D eigenvalue weighted by atomic mass is 16.7. The predicted molar refractivity (Wildman–Crippen MR) is 128 cm³/mol. The van der Waals surface area contributed by atoms with Crippen LogP contribution < -0.4 is 23.8 Å². The summed E-state index contributed by atoms with van der Waals surface area (Å²) in [7, 11) is 1.51. The standard InChI is InChI=1S/C27H23NO7/c1-3-33-19-10-7-16(8-11-19)24-23(25(29)17-5-4-6-20(13-17)32-2)26(30)27(31)28(24)18-9-12-21-22(14-18)35-15-34-21/h4-14,24,29H,3,15H2,1-2H3/b25-23+. The number of amides is 1. The topological polar surface area (TPSA) is 94.5 Å². The van der Waals surface area contributed by atoms with E-state index in [4.69, 9.17) is 18.9 Å². The molecule has 1 fully saturated rings. The van der Waals surface area contributed by atoms with E-state index in [1.165, 1.54) is 12.0 Å². The van der Waals surface area contributed by atoms with Crippen LogP contribution in [0, 0.1) is 0 Å². The molecule has 0 aliphatic carbocycles. The number of fused-ring (bicyclic) bond motifs is 1. The molecule has 0 radical (unpaired) electrons. The maximum atomic E-state index is 13.3. The number of carbonyl (C=O) groups is 2. The number of Topliss-reactive ketones (excluding diaryl/α,β-unsaturated/α-hetero) is 1. The average molecular weight is 473 g/mol. The molecule has 1 amide bonds. The number of hydrogen-bond acceptors (Lipinski definition) is 7. The number of ketones is 1. The van der Waals surface area contributed by atoms with E-state index >= 15 is 0 Å². The van der Waals surface area contributed by atoms with Crippen molar-refractivity contribution < 1.29 is 33.6 Å². The molecule has 8 heteroatoms. The fourth-order valence-corrected chi connectivity index (χ4v) is 4.29. The van der Waals surface area contributed by atoms with Crippen molar-refractivity contribution in [3.05, 3.63) is 83.4 Å². The first-order chi connectivity index (χ1) is 17.0. The highest BCUT2D eigenvalue weighted by molar-refractivity contribution is 6.51. The normalized spacial score (nSPS) is 18.1. The third kappa shape index (κ3) is 3.93. The maximum Gasteiger partial charge on any atom is 0.300 e. The molecule has 2 aliphatic heterocycles. The molecule has 35 heavy (non-hydrogen) atoms. The Morgan fingerprint density at radius 2 is 1.77 bits per heavy atom. The zero-order valence-corrected chi connectivity index (χ0v) is 19.2. The second-order valence-electron chi connectivity index (χ2n) is 7.94. The van der Waals surface area contributed by atoms with E-state index in [0.717, 1.165) is 0 Å². The molecule has 1 unspecified atom stereocenters. The summed E-state index contributed by atoms with van der Waals surface area (Å²) >= 11 is 0. The molecule has 178 valence electrons. The predicted octanol–water partition coefficient (Wildman–Crippen LogP) is 4.45. The average Bonchev–Trinajstić information content (AvgIpc) is 3.46. The Morgan fingerprint density at radius 3 is 2.51 bits per heavy atom. The van der Waals surface area contributed by atoms with Crippen molar-refractivity contribution in [3.8, 4) is 23.0 Å². The van der Waals surface area contributed by atoms with Gasteiger partial charge in [-0.2, -0.15) is 0 Å². The number of nitrogens with zero attached hydrogens (tertiary/aromatic N) is 1. The molecule has 2 aliphatic rings. The number of aliphatic hydroxyl groups is 1. The Hall–Kier alpha value is -4.46. The Balaban J connectivity index is 1.68. The van der Waals surface area contributed by atoms with Gasteiger partial charge in [-0.3, -0.25) is 14.5 Å². The first kappa shape index (κ1) is 22.3. The van der Waals surface area contributed by atoms with Gasteiger partial charge < -0.3 is 24.1 Å². The van der Waals surface area contributed by atoms with Crippen LogP contribution in [0.3, 0.4) is 0 Å². The summed E-state index contributed by atoms with van der Waals surface area (Å²) in [4.78, 5) is 28.0. The van der Waals surface area contributed by atoms with Gasteiger partial charge in [-0.05, 0) is 48.9 Å². The Kier molecular flexibility index (Phi) is 5.78. The van der Waals surface area contributed by atoms with Crippen LogP contribution in [0.15, 0.2) is 72.3 Å². The second kappa shape index (κ2) is 9.06. The molecule has 1 saturated heterocycles. The van der Waals surface area contributed by atoms with Crippen molar-refractivity contribution >= 4 is 23.1 Å². The van der Waals surface area contributed by atoms with Gasteiger partial charge in [-0.15, -0.1) is 0 Å². The minimum absolute atomic E-state index is 0.0231. The molecule has 2 heterocycles. The lowest BCUT2D eigenvalue weighted by Gasteiger charge is -2.25. The smallest absolute Gasteiger partial charge is 0.300 e. The monoisotopic (exact) mass is 473 g/mol. The van der Waals surface area contributed by atoms with Crippen LogP contribution in [0.2, 0.25) is 0 Å². The SMILES string of the molecule is CCOc1ccc(C2/C(=C(\O)c3cccc(OC)c3)C(=O)C(=O)N2c2ccc3c(c2)OCO3)cc1. The van der Waals surface area contributed by atoms with Crippen LogP contribution >= 0.6 is 0 Å². The van der Waals surface area contributed by atoms with Crippen molar-refractivity contribution in [2.45, 2.75) is 13.0 Å². The lowest BCUT2D eigenvalue weighted by Crippen LogP contribution is -2.29. The van der Waals surface area contributed by atoms with Gasteiger partial charge in [-0.25, -0.2) is 0 Å². The summed E-state index contributed by atoms with van der Waals surface area (Å²) in [6.07, 6.45) is 0. The van der Waals surface area contributed by atoms with Gasteiger partial charge in [0.1, 0.15) is 17.3 Å². The van der Waals surface area contributed by atoms with Gasteiger partial charge in [0.05, 0.1) is 25.3 Å². The van der Waals surface area contributed by atoms with Crippen molar-refractivity contribution in [1.82, 2.24) is 0 Å². The molecule has 1 atom stereocenters. The van der Waals surface area contributed by atoms with Crippen LogP contribution in [0.1, 0.15) is 24.1 Å². The lowest BCUT2D eigenvalue weighted by molar-refractivity contribution is -0.132. The van der Waals surface area contributed by atoms with E-state index in [-0.39, 0.29) is 18.1 Å². The third-order valence-electron chi connectivity index (χ3n) is 5.93.